The molecule has 0 radical (unpaired) electrons. The number of aromatic nitrogens is 1. The molecule has 0 bridgehead atoms. The Hall–Kier alpha value is -2.92. The molecular formula is C19H20N4O3S. The quantitative estimate of drug-likeness (QED) is 0.798. The van der Waals surface area contributed by atoms with Crippen LogP contribution in [-0.2, 0) is 9.84 Å². The molecule has 1 fully saturated rings. The molecule has 1 aromatic carbocycles. The van der Waals surface area contributed by atoms with E-state index < -0.39 is 9.84 Å². The summed E-state index contributed by atoms with van der Waals surface area (Å²) in [7, 11) is -3.37. The summed E-state index contributed by atoms with van der Waals surface area (Å²) in [6.07, 6.45) is 2.73. The van der Waals surface area contributed by atoms with Crippen molar-refractivity contribution in [3.05, 3.63) is 53.2 Å². The maximum Gasteiger partial charge on any atom is 0.254 e. The highest BCUT2D eigenvalue weighted by Crippen LogP contribution is 2.20. The van der Waals surface area contributed by atoms with Crippen molar-refractivity contribution >= 4 is 21.6 Å². The molecule has 0 spiro atoms. The van der Waals surface area contributed by atoms with Gasteiger partial charge in [0, 0.05) is 44.2 Å². The number of rotatable bonds is 3. The van der Waals surface area contributed by atoms with Crippen LogP contribution in [0.2, 0.25) is 0 Å². The van der Waals surface area contributed by atoms with Gasteiger partial charge < -0.3 is 9.80 Å². The summed E-state index contributed by atoms with van der Waals surface area (Å²) in [4.78, 5) is 21.1. The molecule has 0 atom stereocenters. The zero-order chi connectivity index (χ0) is 19.6. The molecule has 0 aliphatic carbocycles. The minimum Gasteiger partial charge on any atom is -0.353 e. The molecule has 1 amide bonds. The average molecular weight is 384 g/mol. The molecule has 1 saturated heterocycles. The Labute approximate surface area is 158 Å². The highest BCUT2D eigenvalue weighted by molar-refractivity contribution is 7.90. The number of sulfone groups is 1. The largest absolute Gasteiger partial charge is 0.353 e. The van der Waals surface area contributed by atoms with E-state index in [0.29, 0.717) is 37.3 Å². The minimum atomic E-state index is -3.37. The number of nitriles is 1. The lowest BCUT2D eigenvalue weighted by Gasteiger charge is -2.35. The van der Waals surface area contributed by atoms with Gasteiger partial charge in [-0.3, -0.25) is 4.79 Å². The minimum absolute atomic E-state index is 0.146. The third kappa shape index (κ3) is 4.09. The number of amides is 1. The zero-order valence-electron chi connectivity index (χ0n) is 15.2. The number of aryl methyl sites for hydroxylation is 1. The fraction of sp³-hybridized carbons (Fsp3) is 0.316. The molecule has 1 aliphatic rings. The summed E-state index contributed by atoms with van der Waals surface area (Å²) in [5.41, 5.74) is 1.71. The molecule has 1 aromatic heterocycles. The van der Waals surface area contributed by atoms with Crippen LogP contribution in [0.25, 0.3) is 0 Å². The van der Waals surface area contributed by atoms with E-state index in [4.69, 9.17) is 5.26 Å². The molecule has 2 aromatic rings. The van der Waals surface area contributed by atoms with E-state index in [0.717, 1.165) is 17.6 Å². The summed E-state index contributed by atoms with van der Waals surface area (Å²) < 4.78 is 23.6. The first-order valence-corrected chi connectivity index (χ1v) is 10.4. The van der Waals surface area contributed by atoms with E-state index in [-0.39, 0.29) is 10.8 Å². The molecule has 2 heterocycles. The molecule has 27 heavy (non-hydrogen) atoms. The Bertz CT molecular complexity index is 1020. The van der Waals surface area contributed by atoms with Crippen molar-refractivity contribution in [2.24, 2.45) is 0 Å². The normalized spacial score (nSPS) is 14.7. The Morgan fingerprint density at radius 3 is 2.48 bits per heavy atom. The topological polar surface area (TPSA) is 94.4 Å². The van der Waals surface area contributed by atoms with Gasteiger partial charge in [-0.2, -0.15) is 5.26 Å². The van der Waals surface area contributed by atoms with Gasteiger partial charge in [-0.25, -0.2) is 13.4 Å². The average Bonchev–Trinajstić information content (AvgIpc) is 2.67. The van der Waals surface area contributed by atoms with Gasteiger partial charge in [0.05, 0.1) is 16.5 Å². The smallest absolute Gasteiger partial charge is 0.254 e. The van der Waals surface area contributed by atoms with Gasteiger partial charge in [0.15, 0.2) is 9.84 Å². The van der Waals surface area contributed by atoms with Gasteiger partial charge in [-0.15, -0.1) is 0 Å². The summed E-state index contributed by atoms with van der Waals surface area (Å²) >= 11 is 0. The highest BCUT2D eigenvalue weighted by atomic mass is 32.2. The summed E-state index contributed by atoms with van der Waals surface area (Å²) in [6, 6.07) is 10.1. The lowest BCUT2D eigenvalue weighted by atomic mass is 10.1. The first kappa shape index (κ1) is 18.9. The van der Waals surface area contributed by atoms with Gasteiger partial charge in [0.1, 0.15) is 5.82 Å². The van der Waals surface area contributed by atoms with Crippen LogP contribution in [0, 0.1) is 18.3 Å². The van der Waals surface area contributed by atoms with Crippen LogP contribution >= 0.6 is 0 Å². The molecule has 7 nitrogen and oxygen atoms in total. The second-order valence-corrected chi connectivity index (χ2v) is 8.56. The monoisotopic (exact) mass is 384 g/mol. The molecule has 0 saturated carbocycles. The number of carbonyl (C=O) groups excluding carboxylic acids is 1. The van der Waals surface area contributed by atoms with E-state index in [1.165, 1.54) is 12.1 Å². The Morgan fingerprint density at radius 2 is 1.85 bits per heavy atom. The van der Waals surface area contributed by atoms with Gasteiger partial charge in [-0.1, -0.05) is 6.07 Å². The van der Waals surface area contributed by atoms with E-state index in [1.54, 1.807) is 36.2 Å². The predicted octanol–water partition coefficient (Wildman–Crippen LogP) is 1.63. The van der Waals surface area contributed by atoms with Gasteiger partial charge in [0.2, 0.25) is 0 Å². The molecule has 3 rings (SSSR count). The van der Waals surface area contributed by atoms with Crippen molar-refractivity contribution in [1.82, 2.24) is 9.88 Å². The van der Waals surface area contributed by atoms with Crippen molar-refractivity contribution in [3.63, 3.8) is 0 Å². The third-order valence-corrected chi connectivity index (χ3v) is 5.74. The van der Waals surface area contributed by atoms with Crippen LogP contribution in [-0.4, -0.2) is 56.6 Å². The van der Waals surface area contributed by atoms with E-state index in [1.807, 2.05) is 4.90 Å². The van der Waals surface area contributed by atoms with Crippen LogP contribution in [0.5, 0.6) is 0 Å². The van der Waals surface area contributed by atoms with E-state index in [9.17, 15) is 13.2 Å². The van der Waals surface area contributed by atoms with Crippen molar-refractivity contribution in [2.75, 3.05) is 37.3 Å². The third-order valence-electron chi connectivity index (χ3n) is 4.63. The van der Waals surface area contributed by atoms with Crippen LogP contribution in [0.3, 0.4) is 0 Å². The zero-order valence-corrected chi connectivity index (χ0v) is 16.0. The maximum absolute atomic E-state index is 12.9. The number of hydrogen-bond donors (Lipinski definition) is 0. The number of piperazine rings is 1. The molecule has 140 valence electrons. The number of hydrogen-bond acceptors (Lipinski definition) is 6. The van der Waals surface area contributed by atoms with Crippen molar-refractivity contribution in [2.45, 2.75) is 11.8 Å². The van der Waals surface area contributed by atoms with Crippen LogP contribution in [0.4, 0.5) is 5.82 Å². The first-order chi connectivity index (χ1) is 12.8. The number of nitrogens with zero attached hydrogens (tertiary/aromatic N) is 4. The van der Waals surface area contributed by atoms with Crippen molar-refractivity contribution in [3.8, 4) is 6.07 Å². The lowest BCUT2D eigenvalue weighted by Crippen LogP contribution is -2.49. The summed E-state index contributed by atoms with van der Waals surface area (Å²) in [5.74, 6) is 0.549. The molecule has 0 N–H and O–H groups in total. The number of pyridine rings is 1. The predicted molar refractivity (Wildman–Crippen MR) is 101 cm³/mol. The second kappa shape index (κ2) is 7.37. The van der Waals surface area contributed by atoms with Gasteiger partial charge in [0.25, 0.3) is 5.91 Å². The van der Waals surface area contributed by atoms with Crippen LogP contribution in [0.1, 0.15) is 21.5 Å². The number of benzene rings is 1. The van der Waals surface area contributed by atoms with Crippen LogP contribution < -0.4 is 4.90 Å². The van der Waals surface area contributed by atoms with Crippen molar-refractivity contribution in [1.29, 1.82) is 5.26 Å². The van der Waals surface area contributed by atoms with Gasteiger partial charge in [-0.05, 0) is 36.8 Å². The fourth-order valence-corrected chi connectivity index (χ4v) is 3.68. The summed E-state index contributed by atoms with van der Waals surface area (Å²) in [6.45, 7) is 3.99. The second-order valence-electron chi connectivity index (χ2n) is 6.54. The lowest BCUT2D eigenvalue weighted by molar-refractivity contribution is 0.0745. The Kier molecular flexibility index (Phi) is 5.15. The maximum atomic E-state index is 12.9. The highest BCUT2D eigenvalue weighted by Gasteiger charge is 2.25. The van der Waals surface area contributed by atoms with Gasteiger partial charge >= 0.3 is 0 Å². The van der Waals surface area contributed by atoms with E-state index >= 15 is 0 Å². The molecular weight excluding hydrogens is 364 g/mol. The Balaban J connectivity index is 1.75. The number of anilines is 1. The summed E-state index contributed by atoms with van der Waals surface area (Å²) in [5, 5.41) is 9.01. The number of carbonyl (C=O) groups is 1. The SMILES string of the molecule is Cc1ccc(S(C)(=O)=O)cc1C(=O)N1CCN(c2cc(C#N)ccn2)CC1. The molecule has 8 heteroatoms. The fourth-order valence-electron chi connectivity index (χ4n) is 3.03. The van der Waals surface area contributed by atoms with Crippen LogP contribution in [0.15, 0.2) is 41.4 Å². The van der Waals surface area contributed by atoms with E-state index in [2.05, 4.69) is 11.1 Å². The first-order valence-electron chi connectivity index (χ1n) is 8.50. The Morgan fingerprint density at radius 1 is 1.15 bits per heavy atom. The standard InChI is InChI=1S/C19H20N4O3S/c1-14-3-4-16(27(2,25)26)12-17(14)19(24)23-9-7-22(8-10-23)18-11-15(13-20)5-6-21-18/h3-6,11-12H,7-10H2,1-2H3. The van der Waals surface area contributed by atoms with Crippen molar-refractivity contribution < 1.29 is 13.2 Å². The molecule has 1 aliphatic heterocycles. The molecule has 0 unspecified atom stereocenters.